The van der Waals surface area contributed by atoms with Crippen LogP contribution in [0.4, 0.5) is 0 Å². The molecule has 0 amide bonds. The highest BCUT2D eigenvalue weighted by molar-refractivity contribution is 6.30. The first-order valence-electron chi connectivity index (χ1n) is 8.72. The van der Waals surface area contributed by atoms with E-state index in [0.717, 1.165) is 5.56 Å². The van der Waals surface area contributed by atoms with E-state index in [9.17, 15) is 9.90 Å². The number of hydrogen-bond donors (Lipinski definition) is 1. The smallest absolute Gasteiger partial charge is 0.349 e. The van der Waals surface area contributed by atoms with Gasteiger partial charge in [-0.1, -0.05) is 48.0 Å². The van der Waals surface area contributed by atoms with E-state index in [0.29, 0.717) is 34.4 Å². The summed E-state index contributed by atoms with van der Waals surface area (Å²) in [6.45, 7) is 0.344. The van der Waals surface area contributed by atoms with Crippen molar-refractivity contribution in [2.24, 2.45) is 0 Å². The van der Waals surface area contributed by atoms with E-state index in [1.807, 2.05) is 24.3 Å². The normalized spacial score (nSPS) is 17.8. The number of carboxylic acids is 1. The lowest BCUT2D eigenvalue weighted by Crippen LogP contribution is -2.39. The topological polar surface area (TPSA) is 65.0 Å². The Morgan fingerprint density at radius 3 is 2.46 bits per heavy atom. The molecule has 5 nitrogen and oxygen atoms in total. The maximum Gasteiger partial charge on any atom is 0.349 e. The zero-order valence-electron chi connectivity index (χ0n) is 14.7. The molecular formula is C22H17ClO5. The molecule has 1 N–H and O–H groups in total. The fourth-order valence-corrected chi connectivity index (χ4v) is 3.25. The average molecular weight is 397 g/mol. The lowest BCUT2D eigenvalue weighted by atomic mass is 10.0. The monoisotopic (exact) mass is 396 g/mol. The molecule has 6 heteroatoms. The Balaban J connectivity index is 1.56. The Morgan fingerprint density at radius 2 is 1.71 bits per heavy atom. The number of aliphatic carboxylic acids is 1. The molecule has 0 aliphatic carbocycles. The number of halogens is 1. The largest absolute Gasteiger partial charge is 0.489 e. The van der Waals surface area contributed by atoms with Crippen molar-refractivity contribution in [3.05, 3.63) is 88.9 Å². The molecule has 3 aromatic carbocycles. The number of carboxylic acid groups (broad SMARTS) is 1. The van der Waals surface area contributed by atoms with Crippen LogP contribution in [0.5, 0.6) is 17.2 Å². The molecule has 0 saturated carbocycles. The number of rotatable bonds is 5. The molecule has 4 rings (SSSR count). The maximum atomic E-state index is 11.7. The predicted octanol–water partition coefficient (Wildman–Crippen LogP) is 4.88. The highest BCUT2D eigenvalue weighted by Crippen LogP contribution is 2.40. The zero-order valence-corrected chi connectivity index (χ0v) is 15.5. The number of hydrogen-bond acceptors (Lipinski definition) is 4. The summed E-state index contributed by atoms with van der Waals surface area (Å²) in [5.41, 5.74) is 1.60. The van der Waals surface area contributed by atoms with Crippen LogP contribution in [-0.2, 0) is 11.4 Å². The second-order valence-corrected chi connectivity index (χ2v) is 6.79. The Morgan fingerprint density at radius 1 is 0.964 bits per heavy atom. The summed E-state index contributed by atoms with van der Waals surface area (Å²) in [5.74, 6) is 0.434. The average Bonchev–Trinajstić information content (AvgIpc) is 2.71. The first kappa shape index (κ1) is 18.2. The SMILES string of the molecule is O=C(O)C1Oc2ccccc2OC1c1cccc(OCc2cccc(Cl)c2)c1. The summed E-state index contributed by atoms with van der Waals surface area (Å²) < 4.78 is 17.5. The third kappa shape index (κ3) is 3.89. The highest BCUT2D eigenvalue weighted by Gasteiger charge is 2.38. The molecular weight excluding hydrogens is 380 g/mol. The molecule has 1 aliphatic rings. The van der Waals surface area contributed by atoms with E-state index in [2.05, 4.69) is 0 Å². The van der Waals surface area contributed by atoms with Gasteiger partial charge in [0.2, 0.25) is 6.10 Å². The van der Waals surface area contributed by atoms with Crippen molar-refractivity contribution < 1.29 is 24.1 Å². The Hall–Kier alpha value is -3.18. The first-order valence-corrected chi connectivity index (χ1v) is 9.10. The van der Waals surface area contributed by atoms with Crippen molar-refractivity contribution in [2.45, 2.75) is 18.8 Å². The van der Waals surface area contributed by atoms with Crippen LogP contribution in [-0.4, -0.2) is 17.2 Å². The maximum absolute atomic E-state index is 11.7. The Kier molecular flexibility index (Phi) is 5.08. The minimum atomic E-state index is -1.15. The predicted molar refractivity (Wildman–Crippen MR) is 104 cm³/mol. The van der Waals surface area contributed by atoms with Crippen LogP contribution in [0, 0.1) is 0 Å². The summed E-state index contributed by atoms with van der Waals surface area (Å²) >= 11 is 6.00. The fraction of sp³-hybridized carbons (Fsp3) is 0.136. The summed E-state index contributed by atoms with van der Waals surface area (Å²) in [7, 11) is 0. The van der Waals surface area contributed by atoms with Crippen molar-refractivity contribution in [2.75, 3.05) is 0 Å². The molecule has 142 valence electrons. The molecule has 1 heterocycles. The highest BCUT2D eigenvalue weighted by atomic mass is 35.5. The summed E-state index contributed by atoms with van der Waals surface area (Å²) in [5, 5.41) is 10.2. The van der Waals surface area contributed by atoms with Crippen LogP contribution in [0.3, 0.4) is 0 Å². The van der Waals surface area contributed by atoms with Crippen molar-refractivity contribution in [1.29, 1.82) is 0 Å². The fourth-order valence-electron chi connectivity index (χ4n) is 3.04. The van der Waals surface area contributed by atoms with Gasteiger partial charge in [0.1, 0.15) is 12.4 Å². The standard InChI is InChI=1S/C22H17ClO5/c23-16-7-3-5-14(11-16)13-26-17-8-4-6-15(12-17)20-21(22(24)25)28-19-10-2-1-9-18(19)27-20/h1-12,20-21H,13H2,(H,24,25). The number of para-hydroxylation sites is 2. The number of ether oxygens (including phenoxy) is 3. The van der Waals surface area contributed by atoms with Crippen molar-refractivity contribution in [1.82, 2.24) is 0 Å². The molecule has 0 saturated heterocycles. The van der Waals surface area contributed by atoms with Crippen LogP contribution in [0.15, 0.2) is 72.8 Å². The molecule has 0 fully saturated rings. The van der Waals surface area contributed by atoms with E-state index in [-0.39, 0.29) is 0 Å². The molecule has 0 spiro atoms. The van der Waals surface area contributed by atoms with E-state index in [1.165, 1.54) is 0 Å². The van der Waals surface area contributed by atoms with Crippen LogP contribution < -0.4 is 14.2 Å². The zero-order chi connectivity index (χ0) is 19.5. The lowest BCUT2D eigenvalue weighted by molar-refractivity contribution is -0.151. The van der Waals surface area contributed by atoms with Crippen molar-refractivity contribution in [3.8, 4) is 17.2 Å². The number of benzene rings is 3. The Labute approximate surface area is 167 Å². The van der Waals surface area contributed by atoms with Gasteiger partial charge in [-0.05, 0) is 42.0 Å². The van der Waals surface area contributed by atoms with Crippen LogP contribution in [0.1, 0.15) is 17.2 Å². The molecule has 0 radical (unpaired) electrons. The molecule has 2 unspecified atom stereocenters. The third-order valence-corrected chi connectivity index (χ3v) is 4.59. The second kappa shape index (κ2) is 7.82. The first-order chi connectivity index (χ1) is 13.6. The van der Waals surface area contributed by atoms with Gasteiger partial charge in [-0.2, -0.15) is 0 Å². The van der Waals surface area contributed by atoms with Gasteiger partial charge in [0.05, 0.1) is 0 Å². The van der Waals surface area contributed by atoms with Gasteiger partial charge >= 0.3 is 5.97 Å². The van der Waals surface area contributed by atoms with E-state index < -0.39 is 18.2 Å². The molecule has 28 heavy (non-hydrogen) atoms. The summed E-state index contributed by atoms with van der Waals surface area (Å²) in [6, 6.07) is 21.6. The van der Waals surface area contributed by atoms with Crippen LogP contribution >= 0.6 is 11.6 Å². The molecule has 0 bridgehead atoms. The quantitative estimate of drug-likeness (QED) is 0.665. The molecule has 3 aromatic rings. The molecule has 0 aromatic heterocycles. The Bertz CT molecular complexity index is 1000. The molecule has 1 aliphatic heterocycles. The minimum Gasteiger partial charge on any atom is -0.489 e. The van der Waals surface area contributed by atoms with E-state index in [1.54, 1.807) is 48.5 Å². The van der Waals surface area contributed by atoms with Crippen LogP contribution in [0.25, 0.3) is 0 Å². The lowest BCUT2D eigenvalue weighted by Gasteiger charge is -2.32. The number of carbonyl (C=O) groups is 1. The van der Waals surface area contributed by atoms with E-state index >= 15 is 0 Å². The van der Waals surface area contributed by atoms with Gasteiger partial charge in [-0.25, -0.2) is 4.79 Å². The van der Waals surface area contributed by atoms with Gasteiger partial charge in [0, 0.05) is 10.6 Å². The van der Waals surface area contributed by atoms with Gasteiger partial charge in [0.25, 0.3) is 0 Å². The van der Waals surface area contributed by atoms with Gasteiger partial charge in [0.15, 0.2) is 17.6 Å². The van der Waals surface area contributed by atoms with Crippen LogP contribution in [0.2, 0.25) is 5.02 Å². The second-order valence-electron chi connectivity index (χ2n) is 6.35. The van der Waals surface area contributed by atoms with Gasteiger partial charge in [-0.3, -0.25) is 0 Å². The van der Waals surface area contributed by atoms with Crippen molar-refractivity contribution >= 4 is 17.6 Å². The van der Waals surface area contributed by atoms with Gasteiger partial charge < -0.3 is 19.3 Å². The van der Waals surface area contributed by atoms with Gasteiger partial charge in [-0.15, -0.1) is 0 Å². The molecule has 2 atom stereocenters. The minimum absolute atomic E-state index is 0.344. The summed E-state index contributed by atoms with van der Waals surface area (Å²) in [4.78, 5) is 11.7. The van der Waals surface area contributed by atoms with E-state index in [4.69, 9.17) is 25.8 Å². The van der Waals surface area contributed by atoms with Crippen molar-refractivity contribution in [3.63, 3.8) is 0 Å². The summed E-state index contributed by atoms with van der Waals surface area (Å²) in [6.07, 6.45) is -1.94. The number of fused-ring (bicyclic) bond motifs is 1. The third-order valence-electron chi connectivity index (χ3n) is 4.36.